The van der Waals surface area contributed by atoms with E-state index >= 15 is 0 Å². The summed E-state index contributed by atoms with van der Waals surface area (Å²) in [7, 11) is 0. The highest BCUT2D eigenvalue weighted by Gasteiger charge is 2.25. The number of aliphatic hydroxyl groups excluding tert-OH is 1. The minimum absolute atomic E-state index is 0.237. The van der Waals surface area contributed by atoms with Crippen molar-refractivity contribution in [2.24, 2.45) is 5.92 Å². The van der Waals surface area contributed by atoms with Crippen LogP contribution < -0.4 is 5.32 Å². The quantitative estimate of drug-likeness (QED) is 0.869. The van der Waals surface area contributed by atoms with E-state index in [1.165, 1.54) is 5.56 Å². The van der Waals surface area contributed by atoms with Gasteiger partial charge in [0.25, 0.3) is 0 Å². The SMILES string of the molecule is CC(C)CC1NCCN(Cc2ccccc2)CC1O. The molecule has 3 heteroatoms. The Kier molecular flexibility index (Phi) is 5.37. The van der Waals surface area contributed by atoms with Crippen LogP contribution in [0.2, 0.25) is 0 Å². The number of benzene rings is 1. The Morgan fingerprint density at radius 2 is 2.05 bits per heavy atom. The fourth-order valence-corrected chi connectivity index (χ4v) is 2.76. The van der Waals surface area contributed by atoms with E-state index in [9.17, 15) is 5.11 Å². The lowest BCUT2D eigenvalue weighted by Crippen LogP contribution is -2.42. The molecule has 1 saturated heterocycles. The summed E-state index contributed by atoms with van der Waals surface area (Å²) in [4.78, 5) is 2.34. The van der Waals surface area contributed by atoms with E-state index in [1.807, 2.05) is 6.07 Å². The van der Waals surface area contributed by atoms with Gasteiger partial charge in [0.2, 0.25) is 0 Å². The number of rotatable bonds is 4. The average Bonchev–Trinajstić information content (AvgIpc) is 2.53. The first kappa shape index (κ1) is 14.5. The molecule has 0 aliphatic carbocycles. The van der Waals surface area contributed by atoms with E-state index in [0.29, 0.717) is 5.92 Å². The summed E-state index contributed by atoms with van der Waals surface area (Å²) in [5, 5.41) is 13.8. The Hall–Kier alpha value is -0.900. The first-order chi connectivity index (χ1) is 9.15. The van der Waals surface area contributed by atoms with Gasteiger partial charge in [-0.1, -0.05) is 44.2 Å². The zero-order chi connectivity index (χ0) is 13.7. The van der Waals surface area contributed by atoms with Gasteiger partial charge in [0.05, 0.1) is 6.10 Å². The topological polar surface area (TPSA) is 35.5 Å². The van der Waals surface area contributed by atoms with E-state index in [2.05, 4.69) is 48.3 Å². The molecule has 1 aliphatic heterocycles. The van der Waals surface area contributed by atoms with Crippen molar-refractivity contribution >= 4 is 0 Å². The number of aliphatic hydroxyl groups is 1. The Labute approximate surface area is 116 Å². The first-order valence-electron chi connectivity index (χ1n) is 7.33. The van der Waals surface area contributed by atoms with Crippen molar-refractivity contribution < 1.29 is 5.11 Å². The van der Waals surface area contributed by atoms with Crippen molar-refractivity contribution in [1.29, 1.82) is 0 Å². The molecule has 106 valence electrons. The van der Waals surface area contributed by atoms with Gasteiger partial charge in [-0.05, 0) is 17.9 Å². The predicted molar refractivity (Wildman–Crippen MR) is 79.0 cm³/mol. The molecule has 0 bridgehead atoms. The molecule has 1 aromatic rings. The van der Waals surface area contributed by atoms with Crippen LogP contribution in [0.5, 0.6) is 0 Å². The fraction of sp³-hybridized carbons (Fsp3) is 0.625. The van der Waals surface area contributed by atoms with Crippen LogP contribution in [0.25, 0.3) is 0 Å². The summed E-state index contributed by atoms with van der Waals surface area (Å²) in [6.45, 7) is 8.07. The number of nitrogens with zero attached hydrogens (tertiary/aromatic N) is 1. The van der Waals surface area contributed by atoms with Crippen LogP contribution in [0.4, 0.5) is 0 Å². The number of β-amino-alcohol motifs (C(OH)–C–C–N with tert-alkyl or cyclic N) is 1. The van der Waals surface area contributed by atoms with Crippen molar-refractivity contribution in [3.05, 3.63) is 35.9 Å². The van der Waals surface area contributed by atoms with Gasteiger partial charge in [-0.2, -0.15) is 0 Å². The largest absolute Gasteiger partial charge is 0.390 e. The molecule has 2 unspecified atom stereocenters. The van der Waals surface area contributed by atoms with E-state index in [1.54, 1.807) is 0 Å². The Morgan fingerprint density at radius 3 is 2.74 bits per heavy atom. The molecule has 1 fully saturated rings. The Balaban J connectivity index is 1.91. The third-order valence-electron chi connectivity index (χ3n) is 3.72. The molecule has 0 amide bonds. The summed E-state index contributed by atoms with van der Waals surface area (Å²) in [6, 6.07) is 10.7. The molecule has 0 radical (unpaired) electrons. The molecular weight excluding hydrogens is 236 g/mol. The van der Waals surface area contributed by atoms with E-state index in [-0.39, 0.29) is 12.1 Å². The summed E-state index contributed by atoms with van der Waals surface area (Å²) in [5.41, 5.74) is 1.32. The van der Waals surface area contributed by atoms with Crippen molar-refractivity contribution in [1.82, 2.24) is 10.2 Å². The van der Waals surface area contributed by atoms with Crippen molar-refractivity contribution in [3.8, 4) is 0 Å². The van der Waals surface area contributed by atoms with Crippen LogP contribution in [-0.4, -0.2) is 41.8 Å². The van der Waals surface area contributed by atoms with Crippen LogP contribution in [0.3, 0.4) is 0 Å². The first-order valence-corrected chi connectivity index (χ1v) is 7.33. The lowest BCUT2D eigenvalue weighted by Gasteiger charge is -2.25. The molecule has 3 nitrogen and oxygen atoms in total. The van der Waals surface area contributed by atoms with Gasteiger partial charge in [0.1, 0.15) is 0 Å². The minimum atomic E-state index is -0.270. The monoisotopic (exact) mass is 262 g/mol. The average molecular weight is 262 g/mol. The van der Waals surface area contributed by atoms with Gasteiger partial charge in [-0.25, -0.2) is 0 Å². The summed E-state index contributed by atoms with van der Waals surface area (Å²) >= 11 is 0. The van der Waals surface area contributed by atoms with Crippen LogP contribution in [-0.2, 0) is 6.54 Å². The molecule has 2 atom stereocenters. The van der Waals surface area contributed by atoms with Crippen LogP contribution in [0.15, 0.2) is 30.3 Å². The summed E-state index contributed by atoms with van der Waals surface area (Å²) < 4.78 is 0. The highest BCUT2D eigenvalue weighted by Crippen LogP contribution is 2.13. The zero-order valence-electron chi connectivity index (χ0n) is 12.0. The van der Waals surface area contributed by atoms with Crippen molar-refractivity contribution in [2.45, 2.75) is 39.0 Å². The van der Waals surface area contributed by atoms with E-state index < -0.39 is 0 Å². The lowest BCUT2D eigenvalue weighted by molar-refractivity contribution is 0.0906. The lowest BCUT2D eigenvalue weighted by atomic mass is 9.99. The zero-order valence-corrected chi connectivity index (χ0v) is 12.0. The third-order valence-corrected chi connectivity index (χ3v) is 3.72. The maximum atomic E-state index is 10.3. The van der Waals surface area contributed by atoms with Gasteiger partial charge < -0.3 is 10.4 Å². The standard InChI is InChI=1S/C16H26N2O/c1-13(2)10-15-16(19)12-18(9-8-17-15)11-14-6-4-3-5-7-14/h3-7,13,15-17,19H,8-12H2,1-2H3. The molecular formula is C16H26N2O. The highest BCUT2D eigenvalue weighted by atomic mass is 16.3. The van der Waals surface area contributed by atoms with Gasteiger partial charge in [0, 0.05) is 32.2 Å². The van der Waals surface area contributed by atoms with Gasteiger partial charge >= 0.3 is 0 Å². The van der Waals surface area contributed by atoms with Crippen LogP contribution in [0, 0.1) is 5.92 Å². The Bertz CT molecular complexity index is 366. The third kappa shape index (κ3) is 4.60. The normalized spacial score (nSPS) is 25.5. The van der Waals surface area contributed by atoms with Gasteiger partial charge in [0.15, 0.2) is 0 Å². The second-order valence-electron chi connectivity index (χ2n) is 5.98. The van der Waals surface area contributed by atoms with Crippen molar-refractivity contribution in [3.63, 3.8) is 0 Å². The Morgan fingerprint density at radius 1 is 1.32 bits per heavy atom. The molecule has 0 saturated carbocycles. The molecule has 1 heterocycles. The highest BCUT2D eigenvalue weighted by molar-refractivity contribution is 5.14. The summed E-state index contributed by atoms with van der Waals surface area (Å²) in [6.07, 6.45) is 0.772. The number of hydrogen-bond donors (Lipinski definition) is 2. The second-order valence-corrected chi connectivity index (χ2v) is 5.98. The maximum Gasteiger partial charge on any atom is 0.0820 e. The molecule has 2 rings (SSSR count). The molecule has 0 aromatic heterocycles. The minimum Gasteiger partial charge on any atom is -0.390 e. The van der Waals surface area contributed by atoms with Crippen LogP contribution >= 0.6 is 0 Å². The van der Waals surface area contributed by atoms with E-state index in [0.717, 1.165) is 32.6 Å². The van der Waals surface area contributed by atoms with Gasteiger partial charge in [-0.15, -0.1) is 0 Å². The molecule has 1 aliphatic rings. The molecule has 1 aromatic carbocycles. The molecule has 0 spiro atoms. The predicted octanol–water partition coefficient (Wildman–Crippen LogP) is 1.87. The fourth-order valence-electron chi connectivity index (χ4n) is 2.76. The number of nitrogens with one attached hydrogen (secondary N) is 1. The molecule has 2 N–H and O–H groups in total. The summed E-state index contributed by atoms with van der Waals surface area (Å²) in [5.74, 6) is 0.618. The van der Waals surface area contributed by atoms with Gasteiger partial charge in [-0.3, -0.25) is 4.90 Å². The molecule has 19 heavy (non-hydrogen) atoms. The second kappa shape index (κ2) is 7.04. The van der Waals surface area contributed by atoms with E-state index in [4.69, 9.17) is 0 Å². The van der Waals surface area contributed by atoms with Crippen molar-refractivity contribution in [2.75, 3.05) is 19.6 Å². The smallest absolute Gasteiger partial charge is 0.0820 e. The number of hydrogen-bond acceptors (Lipinski definition) is 3. The maximum absolute atomic E-state index is 10.3. The van der Waals surface area contributed by atoms with Crippen LogP contribution in [0.1, 0.15) is 25.8 Å².